The summed E-state index contributed by atoms with van der Waals surface area (Å²) >= 11 is 0. The van der Waals surface area contributed by atoms with Crippen molar-refractivity contribution in [3.8, 4) is 39.1 Å². The molecule has 0 saturated carbocycles. The second-order valence-electron chi connectivity index (χ2n) is 14.3. The maximum Gasteiger partial charge on any atom is 0.159 e. The first kappa shape index (κ1) is 32.8. The first-order valence-electron chi connectivity index (χ1n) is 19.1. The highest BCUT2D eigenvalue weighted by Gasteiger charge is 2.27. The van der Waals surface area contributed by atoms with Gasteiger partial charge in [0.05, 0.1) is 28.1 Å². The Kier molecular flexibility index (Phi) is 7.26. The van der Waals surface area contributed by atoms with Crippen LogP contribution in [0.15, 0.2) is 184 Å². The highest BCUT2D eigenvalue weighted by atomic mass is 16.6. The average molecular weight is 765 g/mol. The van der Waals surface area contributed by atoms with Gasteiger partial charge in [-0.3, -0.25) is 0 Å². The summed E-state index contributed by atoms with van der Waals surface area (Å²) in [7, 11) is 0. The van der Waals surface area contributed by atoms with Crippen molar-refractivity contribution in [1.82, 2.24) is 35.5 Å². The standard InChI is InChI=1S/C48H28N8O3/c1-3-11-29(12-4-1)33-25-27-41(46-43(33)50-58-53-46)56(40-20-10-18-38-45(40)52-57-49-38)42-28-26-34(44-47(42)54-59-51-44)30-21-23-31(24-22-30)35-16-9-17-37-36-15-7-8-19-39(36)55(48(35)37)32-13-5-2-6-14-32/h1-28H. The fraction of sp³-hybridized carbons (Fsp3) is 0. The van der Waals surface area contributed by atoms with Crippen molar-refractivity contribution < 1.29 is 13.9 Å². The molecule has 0 saturated heterocycles. The SMILES string of the molecule is c1ccc(-c2ccc(N(c3cccc4nonc34)c3ccc(-c4ccc(-c5cccc6c7ccccc7n(-c7ccccc7)c56)cc4)c4nonc34)c3nonc23)cc1. The number of para-hydroxylation sites is 3. The molecule has 59 heavy (non-hydrogen) atoms. The van der Waals surface area contributed by atoms with Crippen LogP contribution >= 0.6 is 0 Å². The van der Waals surface area contributed by atoms with Crippen LogP contribution in [-0.4, -0.2) is 35.5 Å². The Balaban J connectivity index is 1.00. The summed E-state index contributed by atoms with van der Waals surface area (Å²) in [5, 5.41) is 28.6. The number of hydrogen-bond acceptors (Lipinski definition) is 10. The predicted molar refractivity (Wildman–Crippen MR) is 228 cm³/mol. The molecule has 12 aromatic rings. The molecule has 4 aromatic heterocycles. The normalized spacial score (nSPS) is 11.7. The lowest BCUT2D eigenvalue weighted by molar-refractivity contribution is 0.315. The van der Waals surface area contributed by atoms with Crippen molar-refractivity contribution in [2.24, 2.45) is 0 Å². The van der Waals surface area contributed by atoms with E-state index >= 15 is 0 Å². The van der Waals surface area contributed by atoms with Gasteiger partial charge in [0.25, 0.3) is 0 Å². The van der Waals surface area contributed by atoms with E-state index in [4.69, 9.17) is 13.9 Å². The zero-order valence-corrected chi connectivity index (χ0v) is 31.0. The van der Waals surface area contributed by atoms with Crippen LogP contribution in [0.5, 0.6) is 0 Å². The molecule has 11 nitrogen and oxygen atoms in total. The maximum atomic E-state index is 5.51. The summed E-state index contributed by atoms with van der Waals surface area (Å²) in [4.78, 5) is 2.00. The maximum absolute atomic E-state index is 5.51. The van der Waals surface area contributed by atoms with Crippen LogP contribution in [0.3, 0.4) is 0 Å². The minimum absolute atomic E-state index is 0.536. The van der Waals surface area contributed by atoms with Crippen molar-refractivity contribution in [2.75, 3.05) is 4.90 Å². The molecule has 0 unspecified atom stereocenters. The van der Waals surface area contributed by atoms with Crippen LogP contribution in [0.2, 0.25) is 0 Å². The first-order valence-corrected chi connectivity index (χ1v) is 19.1. The molecule has 0 N–H and O–H groups in total. The van der Waals surface area contributed by atoms with Gasteiger partial charge in [-0.05, 0) is 102 Å². The Morgan fingerprint density at radius 3 is 1.59 bits per heavy atom. The van der Waals surface area contributed by atoms with E-state index < -0.39 is 0 Å². The third-order valence-corrected chi connectivity index (χ3v) is 11.1. The van der Waals surface area contributed by atoms with Gasteiger partial charge in [-0.25, -0.2) is 13.9 Å². The van der Waals surface area contributed by atoms with E-state index in [-0.39, 0.29) is 0 Å². The minimum atomic E-state index is 0.536. The van der Waals surface area contributed by atoms with Crippen LogP contribution in [0.4, 0.5) is 17.1 Å². The number of hydrogen-bond donors (Lipinski definition) is 0. The molecule has 0 aliphatic heterocycles. The Morgan fingerprint density at radius 1 is 0.356 bits per heavy atom. The number of nitrogens with zero attached hydrogens (tertiary/aromatic N) is 8. The lowest BCUT2D eigenvalue weighted by Crippen LogP contribution is -2.12. The number of rotatable bonds is 7. The fourth-order valence-corrected chi connectivity index (χ4v) is 8.44. The smallest absolute Gasteiger partial charge is 0.159 e. The predicted octanol–water partition coefficient (Wildman–Crippen LogP) is 11.9. The van der Waals surface area contributed by atoms with Gasteiger partial charge >= 0.3 is 0 Å². The van der Waals surface area contributed by atoms with Gasteiger partial charge in [0.15, 0.2) is 16.6 Å². The molecule has 0 aliphatic rings. The zero-order chi connectivity index (χ0) is 38.9. The van der Waals surface area contributed by atoms with E-state index in [0.29, 0.717) is 50.2 Å². The molecule has 8 aromatic carbocycles. The summed E-state index contributed by atoms with van der Waals surface area (Å²) in [5.74, 6) is 0. The van der Waals surface area contributed by atoms with Gasteiger partial charge in [-0.15, -0.1) is 0 Å². The van der Waals surface area contributed by atoms with E-state index in [1.165, 1.54) is 10.8 Å². The van der Waals surface area contributed by atoms with Crippen molar-refractivity contribution in [3.63, 3.8) is 0 Å². The Hall–Kier alpha value is -8.44. The molecule has 0 aliphatic carbocycles. The highest BCUT2D eigenvalue weighted by Crippen LogP contribution is 2.46. The number of anilines is 3. The van der Waals surface area contributed by atoms with Crippen molar-refractivity contribution in [2.45, 2.75) is 0 Å². The van der Waals surface area contributed by atoms with Crippen molar-refractivity contribution in [1.29, 1.82) is 0 Å². The topological polar surface area (TPSA) is 125 Å². The van der Waals surface area contributed by atoms with Crippen LogP contribution in [0.1, 0.15) is 0 Å². The molecule has 12 rings (SSSR count). The quantitative estimate of drug-likeness (QED) is 0.155. The molecule has 0 amide bonds. The van der Waals surface area contributed by atoms with Gasteiger partial charge in [-0.2, -0.15) is 0 Å². The van der Waals surface area contributed by atoms with Crippen molar-refractivity contribution in [3.05, 3.63) is 170 Å². The van der Waals surface area contributed by atoms with E-state index in [9.17, 15) is 0 Å². The molecule has 0 spiro atoms. The molecular weight excluding hydrogens is 737 g/mol. The van der Waals surface area contributed by atoms with Gasteiger partial charge in [-0.1, -0.05) is 115 Å². The monoisotopic (exact) mass is 764 g/mol. The lowest BCUT2D eigenvalue weighted by Gasteiger charge is -2.25. The summed E-state index contributed by atoms with van der Waals surface area (Å²) in [5.41, 5.74) is 14.8. The van der Waals surface area contributed by atoms with Gasteiger partial charge < -0.3 is 9.47 Å². The lowest BCUT2D eigenvalue weighted by atomic mass is 9.97. The molecule has 0 atom stereocenters. The average Bonchev–Trinajstić information content (AvgIpc) is 4.14. The largest absolute Gasteiger partial charge is 0.309 e. The Labute approximate surface area is 334 Å². The van der Waals surface area contributed by atoms with Crippen molar-refractivity contribution >= 4 is 72.0 Å². The molecule has 11 heteroatoms. The second kappa shape index (κ2) is 13.1. The molecular formula is C48H28N8O3. The third-order valence-electron chi connectivity index (χ3n) is 11.1. The summed E-state index contributed by atoms with van der Waals surface area (Å²) < 4.78 is 18.5. The summed E-state index contributed by atoms with van der Waals surface area (Å²) in [6.45, 7) is 0. The van der Waals surface area contributed by atoms with Crippen LogP contribution in [-0.2, 0) is 0 Å². The van der Waals surface area contributed by atoms with Gasteiger partial charge in [0, 0.05) is 33.2 Å². The third kappa shape index (κ3) is 5.08. The molecule has 278 valence electrons. The molecule has 0 radical (unpaired) electrons. The van der Waals surface area contributed by atoms with E-state index in [2.05, 4.69) is 127 Å². The summed E-state index contributed by atoms with van der Waals surface area (Å²) in [6, 6.07) is 58.0. The van der Waals surface area contributed by atoms with E-state index in [0.717, 1.165) is 50.1 Å². The number of benzene rings is 8. The van der Waals surface area contributed by atoms with E-state index in [1.807, 2.05) is 83.8 Å². The summed E-state index contributed by atoms with van der Waals surface area (Å²) in [6.07, 6.45) is 0. The Morgan fingerprint density at radius 2 is 0.881 bits per heavy atom. The Bertz CT molecular complexity index is 3520. The molecule has 0 fully saturated rings. The van der Waals surface area contributed by atoms with Gasteiger partial charge in [0.2, 0.25) is 0 Å². The van der Waals surface area contributed by atoms with Crippen LogP contribution < -0.4 is 4.90 Å². The second-order valence-corrected chi connectivity index (χ2v) is 14.3. The van der Waals surface area contributed by atoms with Crippen LogP contribution in [0, 0.1) is 0 Å². The number of fused-ring (bicyclic) bond motifs is 6. The molecule has 0 bridgehead atoms. The first-order chi connectivity index (χ1) is 29.3. The number of aromatic nitrogens is 7. The molecule has 4 heterocycles. The van der Waals surface area contributed by atoms with Gasteiger partial charge in [0.1, 0.15) is 16.6 Å². The highest BCUT2D eigenvalue weighted by molar-refractivity contribution is 6.14. The zero-order valence-electron chi connectivity index (χ0n) is 31.0. The van der Waals surface area contributed by atoms with Crippen LogP contribution in [0.25, 0.3) is 94.0 Å². The fourth-order valence-electron chi connectivity index (χ4n) is 8.44. The van der Waals surface area contributed by atoms with E-state index in [1.54, 1.807) is 0 Å². The minimum Gasteiger partial charge on any atom is -0.309 e.